The van der Waals surface area contributed by atoms with Crippen molar-refractivity contribution in [2.24, 2.45) is 0 Å². The molecule has 88 valence electrons. The molecule has 7 heteroatoms. The summed E-state index contributed by atoms with van der Waals surface area (Å²) < 4.78 is 13.3. The average Bonchev–Trinajstić information content (AvgIpc) is 2.15. The van der Waals surface area contributed by atoms with Gasteiger partial charge in [-0.3, -0.25) is 19.6 Å². The first-order valence-corrected chi connectivity index (χ1v) is 4.67. The SMILES string of the molecule is CC(C)N(C=O)Cc1c(F)[nH]c(=O)[nH]c1=O. The van der Waals surface area contributed by atoms with Crippen LogP contribution >= 0.6 is 0 Å². The van der Waals surface area contributed by atoms with Crippen LogP contribution in [0.15, 0.2) is 9.59 Å². The van der Waals surface area contributed by atoms with Gasteiger partial charge in [0.2, 0.25) is 12.4 Å². The van der Waals surface area contributed by atoms with E-state index in [0.717, 1.165) is 0 Å². The predicted octanol–water partition coefficient (Wildman–Crippen LogP) is -0.431. The van der Waals surface area contributed by atoms with E-state index in [2.05, 4.69) is 0 Å². The highest BCUT2D eigenvalue weighted by atomic mass is 19.1. The van der Waals surface area contributed by atoms with E-state index < -0.39 is 17.2 Å². The maximum absolute atomic E-state index is 13.3. The van der Waals surface area contributed by atoms with Gasteiger partial charge in [-0.2, -0.15) is 4.39 Å². The second-order valence-corrected chi connectivity index (χ2v) is 3.57. The smallest absolute Gasteiger partial charge is 0.327 e. The first-order chi connectivity index (χ1) is 7.45. The topological polar surface area (TPSA) is 86.0 Å². The van der Waals surface area contributed by atoms with E-state index in [1.165, 1.54) is 4.90 Å². The summed E-state index contributed by atoms with van der Waals surface area (Å²) in [4.78, 5) is 37.6. The predicted molar refractivity (Wildman–Crippen MR) is 54.4 cm³/mol. The van der Waals surface area contributed by atoms with Crippen LogP contribution in [0.4, 0.5) is 4.39 Å². The molecular formula is C9H12FN3O3. The lowest BCUT2D eigenvalue weighted by atomic mass is 10.2. The third-order valence-electron chi connectivity index (χ3n) is 2.13. The molecule has 0 atom stereocenters. The second-order valence-electron chi connectivity index (χ2n) is 3.57. The Bertz CT molecular complexity index is 492. The fourth-order valence-electron chi connectivity index (χ4n) is 1.15. The Morgan fingerprint density at radius 3 is 2.44 bits per heavy atom. The van der Waals surface area contributed by atoms with E-state index >= 15 is 0 Å². The minimum Gasteiger partial charge on any atom is -0.338 e. The van der Waals surface area contributed by atoms with Gasteiger partial charge in [0.25, 0.3) is 5.56 Å². The van der Waals surface area contributed by atoms with Crippen molar-refractivity contribution in [3.8, 4) is 0 Å². The molecule has 0 bridgehead atoms. The van der Waals surface area contributed by atoms with E-state index in [4.69, 9.17) is 0 Å². The van der Waals surface area contributed by atoms with Crippen LogP contribution in [0.3, 0.4) is 0 Å². The molecule has 0 aliphatic heterocycles. The van der Waals surface area contributed by atoms with Crippen molar-refractivity contribution in [2.45, 2.75) is 26.4 Å². The van der Waals surface area contributed by atoms with Crippen LogP contribution in [0.1, 0.15) is 19.4 Å². The van der Waals surface area contributed by atoms with Crippen LogP contribution in [0, 0.1) is 5.95 Å². The Morgan fingerprint density at radius 2 is 2.00 bits per heavy atom. The summed E-state index contributed by atoms with van der Waals surface area (Å²) >= 11 is 0. The zero-order chi connectivity index (χ0) is 12.3. The van der Waals surface area contributed by atoms with E-state index in [1.54, 1.807) is 13.8 Å². The molecule has 1 rings (SSSR count). The molecule has 0 aliphatic rings. The number of hydrogen-bond donors (Lipinski definition) is 2. The summed E-state index contributed by atoms with van der Waals surface area (Å²) in [5.41, 5.74) is -2.00. The number of rotatable bonds is 4. The summed E-state index contributed by atoms with van der Waals surface area (Å²) in [7, 11) is 0. The molecule has 0 spiro atoms. The van der Waals surface area contributed by atoms with Gasteiger partial charge in [-0.25, -0.2) is 4.79 Å². The van der Waals surface area contributed by atoms with E-state index in [9.17, 15) is 18.8 Å². The molecule has 1 aromatic heterocycles. The summed E-state index contributed by atoms with van der Waals surface area (Å²) in [5, 5.41) is 0. The Kier molecular flexibility index (Phi) is 3.60. The second kappa shape index (κ2) is 4.73. The molecule has 0 aliphatic carbocycles. The maximum atomic E-state index is 13.3. The number of halogens is 1. The van der Waals surface area contributed by atoms with Crippen molar-refractivity contribution in [1.82, 2.24) is 14.9 Å². The third kappa shape index (κ3) is 2.56. The van der Waals surface area contributed by atoms with Crippen molar-refractivity contribution in [1.29, 1.82) is 0 Å². The standard InChI is InChI=1S/C9H12FN3O3/c1-5(2)13(4-14)3-6-7(10)11-9(16)12-8(6)15/h4-5H,3H2,1-2H3,(H2,11,12,15,16). The molecule has 0 aromatic carbocycles. The highest BCUT2D eigenvalue weighted by molar-refractivity contribution is 5.47. The number of amides is 1. The van der Waals surface area contributed by atoms with Crippen molar-refractivity contribution in [3.63, 3.8) is 0 Å². The van der Waals surface area contributed by atoms with Crippen molar-refractivity contribution >= 4 is 6.41 Å². The van der Waals surface area contributed by atoms with Gasteiger partial charge in [0, 0.05) is 6.04 Å². The molecule has 0 fully saturated rings. The minimum atomic E-state index is -1.01. The lowest BCUT2D eigenvalue weighted by molar-refractivity contribution is -0.120. The number of H-pyrrole nitrogens is 2. The van der Waals surface area contributed by atoms with Gasteiger partial charge >= 0.3 is 5.69 Å². The number of aromatic amines is 2. The van der Waals surface area contributed by atoms with Gasteiger partial charge < -0.3 is 4.90 Å². The number of nitrogens with one attached hydrogen (secondary N) is 2. The summed E-state index contributed by atoms with van der Waals surface area (Å²) in [6, 6.07) is -0.164. The first kappa shape index (κ1) is 12.2. The Balaban J connectivity index is 3.10. The van der Waals surface area contributed by atoms with Gasteiger partial charge in [0.1, 0.15) is 0 Å². The highest BCUT2D eigenvalue weighted by Crippen LogP contribution is 2.03. The van der Waals surface area contributed by atoms with E-state index in [1.807, 2.05) is 9.97 Å². The number of nitrogens with zero attached hydrogens (tertiary/aromatic N) is 1. The number of hydrogen-bond acceptors (Lipinski definition) is 3. The van der Waals surface area contributed by atoms with Crippen molar-refractivity contribution < 1.29 is 9.18 Å². The molecule has 1 aromatic rings. The monoisotopic (exact) mass is 229 g/mol. The molecule has 16 heavy (non-hydrogen) atoms. The molecule has 0 saturated carbocycles. The van der Waals surface area contributed by atoms with Crippen molar-refractivity contribution in [2.75, 3.05) is 0 Å². The molecule has 0 saturated heterocycles. The molecule has 1 heterocycles. The lowest BCUT2D eigenvalue weighted by Gasteiger charge is -2.20. The quantitative estimate of drug-likeness (QED) is 0.542. The molecule has 6 nitrogen and oxygen atoms in total. The molecule has 0 radical (unpaired) electrons. The van der Waals surface area contributed by atoms with Crippen LogP contribution in [0.2, 0.25) is 0 Å². The van der Waals surface area contributed by atoms with Gasteiger partial charge in [0.15, 0.2) is 0 Å². The van der Waals surface area contributed by atoms with Crippen LogP contribution in [-0.4, -0.2) is 27.3 Å². The first-order valence-electron chi connectivity index (χ1n) is 4.67. The Labute approximate surface area is 90.1 Å². The van der Waals surface area contributed by atoms with E-state index in [0.29, 0.717) is 6.41 Å². The zero-order valence-electron chi connectivity index (χ0n) is 8.91. The van der Waals surface area contributed by atoms with Gasteiger partial charge in [-0.1, -0.05) is 0 Å². The Morgan fingerprint density at radius 1 is 1.38 bits per heavy atom. The Hall–Kier alpha value is -1.92. The third-order valence-corrected chi connectivity index (χ3v) is 2.13. The highest BCUT2D eigenvalue weighted by Gasteiger charge is 2.14. The lowest BCUT2D eigenvalue weighted by Crippen LogP contribution is -2.35. The molecule has 2 N–H and O–H groups in total. The zero-order valence-corrected chi connectivity index (χ0v) is 8.91. The van der Waals surface area contributed by atoms with Crippen LogP contribution < -0.4 is 11.2 Å². The summed E-state index contributed by atoms with van der Waals surface area (Å²) in [5.74, 6) is -1.01. The van der Waals surface area contributed by atoms with Crippen LogP contribution in [0.25, 0.3) is 0 Å². The van der Waals surface area contributed by atoms with E-state index in [-0.39, 0.29) is 18.2 Å². The average molecular weight is 229 g/mol. The minimum absolute atomic E-state index is 0.164. The fraction of sp³-hybridized carbons (Fsp3) is 0.444. The molecular weight excluding hydrogens is 217 g/mol. The van der Waals surface area contributed by atoms with Crippen LogP contribution in [0.5, 0.6) is 0 Å². The molecule has 1 amide bonds. The normalized spacial score (nSPS) is 10.5. The molecule has 0 unspecified atom stereocenters. The maximum Gasteiger partial charge on any atom is 0.327 e. The van der Waals surface area contributed by atoms with Crippen molar-refractivity contribution in [3.05, 3.63) is 32.3 Å². The van der Waals surface area contributed by atoms with Gasteiger partial charge in [0.05, 0.1) is 12.1 Å². The number of aromatic nitrogens is 2. The van der Waals surface area contributed by atoms with Gasteiger partial charge in [-0.15, -0.1) is 0 Å². The van der Waals surface area contributed by atoms with Crippen LogP contribution in [-0.2, 0) is 11.3 Å². The fourth-order valence-corrected chi connectivity index (χ4v) is 1.15. The van der Waals surface area contributed by atoms with Gasteiger partial charge in [-0.05, 0) is 13.8 Å². The summed E-state index contributed by atoms with van der Waals surface area (Å²) in [6.07, 6.45) is 0.522. The summed E-state index contributed by atoms with van der Waals surface area (Å²) in [6.45, 7) is 3.28. The largest absolute Gasteiger partial charge is 0.338 e. The number of carbonyl (C=O) groups excluding carboxylic acids is 1. The number of carbonyl (C=O) groups is 1.